The Morgan fingerprint density at radius 1 is 0.960 bits per heavy atom. The van der Waals surface area contributed by atoms with E-state index in [2.05, 4.69) is 47.5 Å². The first-order valence-electron chi connectivity index (χ1n) is 8.92. The molecular formula is C21H27N3O. The third-order valence-corrected chi connectivity index (χ3v) is 4.79. The highest BCUT2D eigenvalue weighted by Crippen LogP contribution is 2.16. The summed E-state index contributed by atoms with van der Waals surface area (Å²) >= 11 is 0. The summed E-state index contributed by atoms with van der Waals surface area (Å²) in [7, 11) is 0. The molecule has 0 bridgehead atoms. The van der Waals surface area contributed by atoms with Crippen LogP contribution in [0.15, 0.2) is 42.5 Å². The van der Waals surface area contributed by atoms with E-state index in [0.29, 0.717) is 0 Å². The van der Waals surface area contributed by atoms with Crippen molar-refractivity contribution in [3.8, 4) is 0 Å². The van der Waals surface area contributed by atoms with Crippen LogP contribution in [0.4, 0.5) is 10.5 Å². The smallest absolute Gasteiger partial charge is 0.321 e. The Bertz CT molecular complexity index is 728. The van der Waals surface area contributed by atoms with Gasteiger partial charge in [0, 0.05) is 38.4 Å². The third-order valence-electron chi connectivity index (χ3n) is 4.79. The van der Waals surface area contributed by atoms with Crippen LogP contribution in [0.5, 0.6) is 0 Å². The zero-order valence-corrected chi connectivity index (χ0v) is 15.4. The van der Waals surface area contributed by atoms with Crippen molar-refractivity contribution in [1.82, 2.24) is 9.80 Å². The Hall–Kier alpha value is -2.33. The van der Waals surface area contributed by atoms with Gasteiger partial charge in [0.1, 0.15) is 0 Å². The number of piperazine rings is 1. The molecule has 0 aliphatic carbocycles. The van der Waals surface area contributed by atoms with E-state index in [4.69, 9.17) is 0 Å². The monoisotopic (exact) mass is 337 g/mol. The molecule has 0 aromatic heterocycles. The molecular weight excluding hydrogens is 310 g/mol. The fourth-order valence-electron chi connectivity index (χ4n) is 3.39. The molecule has 4 nitrogen and oxygen atoms in total. The summed E-state index contributed by atoms with van der Waals surface area (Å²) in [6.45, 7) is 10.6. The van der Waals surface area contributed by atoms with Crippen molar-refractivity contribution in [3.05, 3.63) is 64.7 Å². The quantitative estimate of drug-likeness (QED) is 0.920. The number of benzene rings is 2. The Balaban J connectivity index is 1.53. The summed E-state index contributed by atoms with van der Waals surface area (Å²) < 4.78 is 0. The minimum Gasteiger partial charge on any atom is -0.322 e. The van der Waals surface area contributed by atoms with Gasteiger partial charge < -0.3 is 10.2 Å². The molecule has 1 saturated heterocycles. The number of hydrogen-bond donors (Lipinski definition) is 1. The van der Waals surface area contributed by atoms with Gasteiger partial charge in [0.15, 0.2) is 0 Å². The molecule has 0 spiro atoms. The fourth-order valence-corrected chi connectivity index (χ4v) is 3.39. The standard InChI is InChI=1S/C21H27N3O/c1-16-12-17(2)14-20(13-16)22-21(25)24-10-8-23(9-11-24)15-19-7-5-4-6-18(19)3/h4-7,12-14H,8-11,15H2,1-3H3,(H,22,25). The lowest BCUT2D eigenvalue weighted by Crippen LogP contribution is -2.49. The van der Waals surface area contributed by atoms with Gasteiger partial charge in [-0.25, -0.2) is 4.79 Å². The number of nitrogens with zero attached hydrogens (tertiary/aromatic N) is 2. The minimum absolute atomic E-state index is 0.000502. The van der Waals surface area contributed by atoms with Crippen LogP contribution in [0.25, 0.3) is 0 Å². The zero-order chi connectivity index (χ0) is 17.8. The minimum atomic E-state index is 0.000502. The maximum absolute atomic E-state index is 12.5. The lowest BCUT2D eigenvalue weighted by Gasteiger charge is -2.35. The number of amides is 2. The topological polar surface area (TPSA) is 35.6 Å². The van der Waals surface area contributed by atoms with Gasteiger partial charge >= 0.3 is 6.03 Å². The van der Waals surface area contributed by atoms with E-state index in [1.54, 1.807) is 0 Å². The summed E-state index contributed by atoms with van der Waals surface area (Å²) in [4.78, 5) is 16.8. The van der Waals surface area contributed by atoms with Crippen LogP contribution in [0.1, 0.15) is 22.3 Å². The van der Waals surface area contributed by atoms with Gasteiger partial charge in [0.2, 0.25) is 0 Å². The Morgan fingerprint density at radius 3 is 2.24 bits per heavy atom. The van der Waals surface area contributed by atoms with Crippen molar-refractivity contribution < 1.29 is 4.79 Å². The van der Waals surface area contributed by atoms with E-state index in [-0.39, 0.29) is 6.03 Å². The number of rotatable bonds is 3. The van der Waals surface area contributed by atoms with Crippen LogP contribution in [0.3, 0.4) is 0 Å². The van der Waals surface area contributed by atoms with Crippen molar-refractivity contribution in [2.45, 2.75) is 27.3 Å². The molecule has 1 heterocycles. The number of nitrogens with one attached hydrogen (secondary N) is 1. The predicted molar refractivity (Wildman–Crippen MR) is 103 cm³/mol. The summed E-state index contributed by atoms with van der Waals surface area (Å²) in [5.74, 6) is 0. The number of carbonyl (C=O) groups is 1. The molecule has 2 amide bonds. The van der Waals surface area contributed by atoms with E-state index in [1.165, 1.54) is 22.3 Å². The Morgan fingerprint density at radius 2 is 1.60 bits per heavy atom. The van der Waals surface area contributed by atoms with Gasteiger partial charge in [-0.15, -0.1) is 0 Å². The maximum atomic E-state index is 12.5. The van der Waals surface area contributed by atoms with Gasteiger partial charge in [-0.2, -0.15) is 0 Å². The predicted octanol–water partition coefficient (Wildman–Crippen LogP) is 3.96. The SMILES string of the molecule is Cc1cc(C)cc(NC(=O)N2CCN(Cc3ccccc3C)CC2)c1. The molecule has 2 aromatic carbocycles. The van der Waals surface area contributed by atoms with Gasteiger partial charge in [-0.05, 0) is 55.2 Å². The van der Waals surface area contributed by atoms with Gasteiger partial charge in [0.25, 0.3) is 0 Å². The number of hydrogen-bond acceptors (Lipinski definition) is 2. The third kappa shape index (κ3) is 4.60. The zero-order valence-electron chi connectivity index (χ0n) is 15.4. The first kappa shape index (κ1) is 17.5. The van der Waals surface area contributed by atoms with Crippen molar-refractivity contribution >= 4 is 11.7 Å². The van der Waals surface area contributed by atoms with Crippen LogP contribution in [-0.4, -0.2) is 42.0 Å². The highest BCUT2D eigenvalue weighted by molar-refractivity contribution is 5.89. The van der Waals surface area contributed by atoms with E-state index >= 15 is 0 Å². The highest BCUT2D eigenvalue weighted by atomic mass is 16.2. The largest absolute Gasteiger partial charge is 0.322 e. The van der Waals surface area contributed by atoms with Crippen LogP contribution < -0.4 is 5.32 Å². The molecule has 132 valence electrons. The molecule has 0 saturated carbocycles. The van der Waals surface area contributed by atoms with Crippen LogP contribution in [-0.2, 0) is 6.54 Å². The second kappa shape index (κ2) is 7.70. The second-order valence-corrected chi connectivity index (χ2v) is 7.00. The van der Waals surface area contributed by atoms with Crippen LogP contribution >= 0.6 is 0 Å². The summed E-state index contributed by atoms with van der Waals surface area (Å²) in [6, 6.07) is 14.7. The first-order valence-corrected chi connectivity index (χ1v) is 8.92. The molecule has 0 radical (unpaired) electrons. The molecule has 1 N–H and O–H groups in total. The Labute approximate surface area is 150 Å². The maximum Gasteiger partial charge on any atom is 0.321 e. The van der Waals surface area contributed by atoms with Crippen LogP contribution in [0, 0.1) is 20.8 Å². The molecule has 3 rings (SSSR count). The van der Waals surface area contributed by atoms with Gasteiger partial charge in [-0.3, -0.25) is 4.90 Å². The lowest BCUT2D eigenvalue weighted by atomic mass is 10.1. The number of aryl methyl sites for hydroxylation is 3. The molecule has 0 atom stereocenters. The normalized spacial score (nSPS) is 15.2. The summed E-state index contributed by atoms with van der Waals surface area (Å²) in [5.41, 5.74) is 5.91. The molecule has 25 heavy (non-hydrogen) atoms. The fraction of sp³-hybridized carbons (Fsp3) is 0.381. The number of anilines is 1. The average molecular weight is 337 g/mol. The molecule has 1 aliphatic rings. The summed E-state index contributed by atoms with van der Waals surface area (Å²) in [5, 5.41) is 3.04. The second-order valence-electron chi connectivity index (χ2n) is 7.00. The lowest BCUT2D eigenvalue weighted by molar-refractivity contribution is 0.143. The molecule has 1 aliphatic heterocycles. The van der Waals surface area contributed by atoms with Crippen LogP contribution in [0.2, 0.25) is 0 Å². The molecule has 2 aromatic rings. The molecule has 1 fully saturated rings. The van der Waals surface area contributed by atoms with E-state index < -0.39 is 0 Å². The van der Waals surface area contributed by atoms with Crippen molar-refractivity contribution in [2.75, 3.05) is 31.5 Å². The summed E-state index contributed by atoms with van der Waals surface area (Å²) in [6.07, 6.45) is 0. The van der Waals surface area contributed by atoms with Gasteiger partial charge in [-0.1, -0.05) is 30.3 Å². The molecule has 4 heteroatoms. The average Bonchev–Trinajstić information content (AvgIpc) is 2.56. The van der Waals surface area contributed by atoms with Crippen molar-refractivity contribution in [1.29, 1.82) is 0 Å². The van der Waals surface area contributed by atoms with E-state index in [1.807, 2.05) is 30.9 Å². The van der Waals surface area contributed by atoms with Crippen molar-refractivity contribution in [2.24, 2.45) is 0 Å². The highest BCUT2D eigenvalue weighted by Gasteiger charge is 2.21. The van der Waals surface area contributed by atoms with Crippen molar-refractivity contribution in [3.63, 3.8) is 0 Å². The van der Waals surface area contributed by atoms with E-state index in [0.717, 1.165) is 38.4 Å². The van der Waals surface area contributed by atoms with E-state index in [9.17, 15) is 4.79 Å². The number of urea groups is 1. The first-order chi connectivity index (χ1) is 12.0. The molecule has 0 unspecified atom stereocenters. The van der Waals surface area contributed by atoms with Gasteiger partial charge in [0.05, 0.1) is 0 Å². The Kier molecular flexibility index (Phi) is 5.39. The number of carbonyl (C=O) groups excluding carboxylic acids is 1.